The fraction of sp³-hybridized carbons (Fsp3) is 0.667. The topological polar surface area (TPSA) is 85.8 Å². The number of nitrogens with two attached hydrogens (primary N) is 1. The van der Waals surface area contributed by atoms with Gasteiger partial charge in [-0.25, -0.2) is 9.67 Å². The average Bonchev–Trinajstić information content (AvgIpc) is 2.73. The number of carbonyl (C=O) groups excluding carboxylic acids is 1. The van der Waals surface area contributed by atoms with E-state index in [1.54, 1.807) is 6.92 Å². The maximum absolute atomic E-state index is 11.6. The van der Waals surface area contributed by atoms with Crippen LogP contribution in [0.2, 0.25) is 0 Å². The normalized spacial score (nSPS) is 12.5. The quantitative estimate of drug-likeness (QED) is 0.707. The van der Waals surface area contributed by atoms with Crippen LogP contribution in [0, 0.1) is 0 Å². The number of nitrogens with zero attached hydrogens (tertiary/aromatic N) is 3. The number of nitrogens with one attached hydrogen (secondary N) is 1. The molecule has 0 radical (unpaired) electrons. The summed E-state index contributed by atoms with van der Waals surface area (Å²) in [6.45, 7) is 4.75. The SMILES string of the molecule is CCCNC(=O)C(C)n1cnc(CN)n1. The first-order valence-electron chi connectivity index (χ1n) is 5.06. The van der Waals surface area contributed by atoms with E-state index >= 15 is 0 Å². The summed E-state index contributed by atoms with van der Waals surface area (Å²) >= 11 is 0. The van der Waals surface area contributed by atoms with Crippen LogP contribution in [0.3, 0.4) is 0 Å². The predicted molar refractivity (Wildman–Crippen MR) is 55.9 cm³/mol. The van der Waals surface area contributed by atoms with Crippen molar-refractivity contribution in [2.24, 2.45) is 5.73 Å². The molecule has 1 aromatic rings. The van der Waals surface area contributed by atoms with Crippen molar-refractivity contribution >= 4 is 5.91 Å². The number of amides is 1. The molecule has 6 nitrogen and oxygen atoms in total. The molecule has 1 unspecified atom stereocenters. The minimum absolute atomic E-state index is 0.0506. The Morgan fingerprint density at radius 1 is 1.73 bits per heavy atom. The van der Waals surface area contributed by atoms with Gasteiger partial charge in [-0.1, -0.05) is 6.92 Å². The van der Waals surface area contributed by atoms with Crippen LogP contribution in [0.4, 0.5) is 0 Å². The molecule has 0 aliphatic rings. The Balaban J connectivity index is 2.59. The number of hydrogen-bond donors (Lipinski definition) is 2. The van der Waals surface area contributed by atoms with Gasteiger partial charge in [-0.2, -0.15) is 5.10 Å². The highest BCUT2D eigenvalue weighted by molar-refractivity contribution is 5.79. The Morgan fingerprint density at radius 3 is 3.00 bits per heavy atom. The molecule has 6 heteroatoms. The van der Waals surface area contributed by atoms with Crippen LogP contribution in [0.15, 0.2) is 6.33 Å². The summed E-state index contributed by atoms with van der Waals surface area (Å²) in [7, 11) is 0. The lowest BCUT2D eigenvalue weighted by molar-refractivity contribution is -0.124. The molecule has 1 atom stereocenters. The van der Waals surface area contributed by atoms with E-state index in [1.807, 2.05) is 6.92 Å². The lowest BCUT2D eigenvalue weighted by Crippen LogP contribution is -2.31. The van der Waals surface area contributed by atoms with Gasteiger partial charge in [-0.15, -0.1) is 0 Å². The monoisotopic (exact) mass is 211 g/mol. The fourth-order valence-corrected chi connectivity index (χ4v) is 1.11. The van der Waals surface area contributed by atoms with Crippen molar-refractivity contribution in [3.05, 3.63) is 12.2 Å². The molecule has 1 rings (SSSR count). The largest absolute Gasteiger partial charge is 0.354 e. The first kappa shape index (κ1) is 11.6. The molecule has 0 fully saturated rings. The molecule has 0 spiro atoms. The maximum atomic E-state index is 11.6. The Kier molecular flexibility index (Phi) is 4.23. The van der Waals surface area contributed by atoms with Crippen LogP contribution in [0.1, 0.15) is 32.1 Å². The molecule has 0 aliphatic carbocycles. The molecule has 84 valence electrons. The molecule has 1 amide bonds. The van der Waals surface area contributed by atoms with Crippen molar-refractivity contribution in [1.29, 1.82) is 0 Å². The summed E-state index contributed by atoms with van der Waals surface area (Å²) < 4.78 is 1.52. The Morgan fingerprint density at radius 2 is 2.47 bits per heavy atom. The minimum atomic E-state index is -0.343. The number of hydrogen-bond acceptors (Lipinski definition) is 4. The molecule has 1 heterocycles. The molecular formula is C9H17N5O. The first-order chi connectivity index (χ1) is 7.19. The van der Waals surface area contributed by atoms with E-state index in [1.165, 1.54) is 11.0 Å². The van der Waals surface area contributed by atoms with Gasteiger partial charge in [-0.3, -0.25) is 4.79 Å². The zero-order valence-electron chi connectivity index (χ0n) is 9.10. The Hall–Kier alpha value is -1.43. The van der Waals surface area contributed by atoms with E-state index in [0.717, 1.165) is 6.42 Å². The van der Waals surface area contributed by atoms with E-state index in [0.29, 0.717) is 12.4 Å². The minimum Gasteiger partial charge on any atom is -0.354 e. The van der Waals surface area contributed by atoms with Gasteiger partial charge in [0, 0.05) is 6.54 Å². The van der Waals surface area contributed by atoms with Gasteiger partial charge in [0.2, 0.25) is 5.91 Å². The first-order valence-corrected chi connectivity index (χ1v) is 5.06. The van der Waals surface area contributed by atoms with Crippen LogP contribution < -0.4 is 11.1 Å². The predicted octanol–water partition coefficient (Wildman–Crippen LogP) is -0.176. The summed E-state index contributed by atoms with van der Waals surface area (Å²) in [5.41, 5.74) is 5.38. The highest BCUT2D eigenvalue weighted by Gasteiger charge is 2.15. The van der Waals surface area contributed by atoms with Gasteiger partial charge < -0.3 is 11.1 Å². The molecule has 0 saturated heterocycles. The Labute approximate surface area is 88.9 Å². The second-order valence-electron chi connectivity index (χ2n) is 3.31. The van der Waals surface area contributed by atoms with Crippen molar-refractivity contribution in [1.82, 2.24) is 20.1 Å². The van der Waals surface area contributed by atoms with Crippen LogP contribution in [-0.2, 0) is 11.3 Å². The molecule has 0 saturated carbocycles. The van der Waals surface area contributed by atoms with Crippen LogP contribution >= 0.6 is 0 Å². The van der Waals surface area contributed by atoms with Gasteiger partial charge in [0.25, 0.3) is 0 Å². The molecule has 1 aromatic heterocycles. The average molecular weight is 211 g/mol. The third-order valence-corrected chi connectivity index (χ3v) is 2.06. The fourth-order valence-electron chi connectivity index (χ4n) is 1.11. The standard InChI is InChI=1S/C9H17N5O/c1-3-4-11-9(15)7(2)14-6-12-8(5-10)13-14/h6-7H,3-5,10H2,1-2H3,(H,11,15). The second kappa shape index (κ2) is 5.45. The van der Waals surface area contributed by atoms with E-state index in [4.69, 9.17) is 5.73 Å². The molecule has 0 aromatic carbocycles. The summed E-state index contributed by atoms with van der Waals surface area (Å²) in [6, 6.07) is -0.343. The van der Waals surface area contributed by atoms with Crippen LogP contribution in [0.25, 0.3) is 0 Å². The second-order valence-corrected chi connectivity index (χ2v) is 3.31. The van der Waals surface area contributed by atoms with Crippen molar-refractivity contribution in [3.63, 3.8) is 0 Å². The lowest BCUT2D eigenvalue weighted by atomic mass is 10.3. The highest BCUT2D eigenvalue weighted by Crippen LogP contribution is 2.03. The smallest absolute Gasteiger partial charge is 0.244 e. The summed E-state index contributed by atoms with van der Waals surface area (Å²) in [5, 5.41) is 6.88. The van der Waals surface area contributed by atoms with Crippen LogP contribution in [0.5, 0.6) is 0 Å². The van der Waals surface area contributed by atoms with Crippen LogP contribution in [-0.4, -0.2) is 27.2 Å². The van der Waals surface area contributed by atoms with Gasteiger partial charge in [-0.05, 0) is 13.3 Å². The van der Waals surface area contributed by atoms with E-state index in [-0.39, 0.29) is 18.5 Å². The third-order valence-electron chi connectivity index (χ3n) is 2.06. The zero-order valence-corrected chi connectivity index (χ0v) is 9.10. The Bertz CT molecular complexity index is 322. The molecular weight excluding hydrogens is 194 g/mol. The van der Waals surface area contributed by atoms with Gasteiger partial charge in [0.1, 0.15) is 12.4 Å². The maximum Gasteiger partial charge on any atom is 0.244 e. The summed E-state index contributed by atoms with van der Waals surface area (Å²) in [4.78, 5) is 15.5. The molecule has 15 heavy (non-hydrogen) atoms. The zero-order chi connectivity index (χ0) is 11.3. The van der Waals surface area contributed by atoms with Crippen molar-refractivity contribution < 1.29 is 4.79 Å². The number of rotatable bonds is 5. The number of aromatic nitrogens is 3. The third kappa shape index (κ3) is 3.02. The van der Waals surface area contributed by atoms with Crippen molar-refractivity contribution in [3.8, 4) is 0 Å². The van der Waals surface area contributed by atoms with Gasteiger partial charge in [0.05, 0.1) is 6.54 Å². The lowest BCUT2D eigenvalue weighted by Gasteiger charge is -2.11. The molecule has 0 bridgehead atoms. The molecule has 0 aliphatic heterocycles. The van der Waals surface area contributed by atoms with E-state index in [9.17, 15) is 4.79 Å². The highest BCUT2D eigenvalue weighted by atomic mass is 16.2. The van der Waals surface area contributed by atoms with Crippen molar-refractivity contribution in [2.75, 3.05) is 6.54 Å². The summed E-state index contributed by atoms with van der Waals surface area (Å²) in [6.07, 6.45) is 2.45. The number of carbonyl (C=O) groups is 1. The van der Waals surface area contributed by atoms with E-state index < -0.39 is 0 Å². The van der Waals surface area contributed by atoms with Gasteiger partial charge >= 0.3 is 0 Å². The molecule has 3 N–H and O–H groups in total. The summed E-state index contributed by atoms with van der Waals surface area (Å²) in [5.74, 6) is 0.496. The van der Waals surface area contributed by atoms with Crippen molar-refractivity contribution in [2.45, 2.75) is 32.9 Å². The van der Waals surface area contributed by atoms with E-state index in [2.05, 4.69) is 15.4 Å². The van der Waals surface area contributed by atoms with Gasteiger partial charge in [0.15, 0.2) is 5.82 Å².